The Kier molecular flexibility index (Phi) is 5.20. The number of aryl methyl sites for hydroxylation is 1. The van der Waals surface area contributed by atoms with Crippen molar-refractivity contribution in [3.05, 3.63) is 69.7 Å². The fourth-order valence-electron chi connectivity index (χ4n) is 3.76. The number of aromatic nitrogens is 1. The maximum absolute atomic E-state index is 13.3. The maximum Gasteiger partial charge on any atom is 0.269 e. The van der Waals surface area contributed by atoms with Crippen LogP contribution in [0.5, 0.6) is 0 Å². The highest BCUT2D eigenvalue weighted by atomic mass is 35.5. The second-order valence-electron chi connectivity index (χ2n) is 7.28. The lowest BCUT2D eigenvalue weighted by Gasteiger charge is -2.15. The summed E-state index contributed by atoms with van der Waals surface area (Å²) in [6, 6.07) is 16.0. The van der Waals surface area contributed by atoms with Crippen LogP contribution in [0.15, 0.2) is 74.5 Å². The van der Waals surface area contributed by atoms with E-state index in [0.29, 0.717) is 16.7 Å². The summed E-state index contributed by atoms with van der Waals surface area (Å²) in [5.74, 6) is 0.00208. The summed E-state index contributed by atoms with van der Waals surface area (Å²) in [4.78, 5) is 23.9. The Hall–Kier alpha value is -2.48. The molecule has 1 saturated heterocycles. The molecule has 31 heavy (non-hydrogen) atoms. The van der Waals surface area contributed by atoms with E-state index in [4.69, 9.17) is 16.6 Å². The number of amidine groups is 1. The first kappa shape index (κ1) is 20.4. The van der Waals surface area contributed by atoms with Crippen molar-refractivity contribution in [3.8, 4) is 0 Å². The molecule has 3 heterocycles. The molecule has 0 N–H and O–H groups in total. The fraction of sp³-hybridized carbons (Fsp3) is 0.174. The smallest absolute Gasteiger partial charge is 0.269 e. The van der Waals surface area contributed by atoms with Crippen LogP contribution in [-0.4, -0.2) is 29.6 Å². The molecule has 2 aromatic carbocycles. The first-order valence-electron chi connectivity index (χ1n) is 9.89. The highest BCUT2D eigenvalue weighted by Crippen LogP contribution is 2.50. The predicted octanol–water partition coefficient (Wildman–Crippen LogP) is 5.31. The molecule has 2 aliphatic rings. The number of rotatable bonds is 2. The Bertz CT molecular complexity index is 1300. The highest BCUT2D eigenvalue weighted by molar-refractivity contribution is 8.19. The number of pyridine rings is 1. The number of anilines is 1. The van der Waals surface area contributed by atoms with Gasteiger partial charge in [0.15, 0.2) is 11.4 Å². The van der Waals surface area contributed by atoms with Crippen molar-refractivity contribution in [2.24, 2.45) is 12.0 Å². The molecule has 0 aliphatic carbocycles. The third-order valence-electron chi connectivity index (χ3n) is 5.40. The van der Waals surface area contributed by atoms with Crippen LogP contribution < -0.4 is 9.47 Å². The van der Waals surface area contributed by atoms with E-state index in [1.54, 1.807) is 16.7 Å². The molecule has 5 rings (SSSR count). The van der Waals surface area contributed by atoms with Crippen LogP contribution in [0, 0.1) is 0 Å². The van der Waals surface area contributed by atoms with Crippen LogP contribution in [0.2, 0.25) is 5.02 Å². The third kappa shape index (κ3) is 3.41. The van der Waals surface area contributed by atoms with E-state index in [2.05, 4.69) is 17.0 Å². The van der Waals surface area contributed by atoms with Crippen LogP contribution in [0.25, 0.3) is 10.9 Å². The molecule has 3 aromatic rings. The number of thioether (sulfide) groups is 2. The minimum Gasteiger partial charge on any atom is -0.337 e. The average molecular weight is 468 g/mol. The molecule has 1 aromatic heterocycles. The number of amides is 1. The van der Waals surface area contributed by atoms with Crippen molar-refractivity contribution >= 4 is 68.5 Å². The van der Waals surface area contributed by atoms with E-state index in [1.807, 2.05) is 68.2 Å². The summed E-state index contributed by atoms with van der Waals surface area (Å²) in [6.45, 7) is 2.54. The van der Waals surface area contributed by atoms with Gasteiger partial charge in [0.25, 0.3) is 5.91 Å². The van der Waals surface area contributed by atoms with Gasteiger partial charge in [-0.15, -0.1) is 0 Å². The summed E-state index contributed by atoms with van der Waals surface area (Å²) < 4.78 is 2.02. The summed E-state index contributed by atoms with van der Waals surface area (Å²) in [6.07, 6.45) is 1.96. The van der Waals surface area contributed by atoms with E-state index >= 15 is 0 Å². The molecule has 0 spiro atoms. The Labute approximate surface area is 194 Å². The molecule has 0 radical (unpaired) electrons. The molecule has 5 nitrogen and oxygen atoms in total. The van der Waals surface area contributed by atoms with Crippen LogP contribution >= 0.6 is 35.1 Å². The lowest BCUT2D eigenvalue weighted by atomic mass is 10.2. The number of nitrogens with zero attached hydrogens (tertiary/aromatic N) is 4. The van der Waals surface area contributed by atoms with Gasteiger partial charge in [0.1, 0.15) is 12.0 Å². The maximum atomic E-state index is 13.3. The van der Waals surface area contributed by atoms with Gasteiger partial charge in [-0.1, -0.05) is 35.5 Å². The Morgan fingerprint density at radius 2 is 1.94 bits per heavy atom. The largest absolute Gasteiger partial charge is 0.337 e. The number of hydrogen-bond donors (Lipinski definition) is 0. The molecule has 2 aliphatic heterocycles. The van der Waals surface area contributed by atoms with Crippen molar-refractivity contribution in [2.75, 3.05) is 18.5 Å². The van der Waals surface area contributed by atoms with Crippen LogP contribution in [0.4, 0.5) is 11.4 Å². The molecule has 0 saturated carbocycles. The average Bonchev–Trinajstić information content (AvgIpc) is 3.26. The van der Waals surface area contributed by atoms with Gasteiger partial charge in [0.2, 0.25) is 5.52 Å². The second kappa shape index (κ2) is 7.89. The van der Waals surface area contributed by atoms with Crippen LogP contribution in [0.1, 0.15) is 6.92 Å². The zero-order chi connectivity index (χ0) is 21.7. The minimum atomic E-state index is 0.00208. The van der Waals surface area contributed by atoms with Crippen molar-refractivity contribution in [1.82, 2.24) is 4.90 Å². The zero-order valence-electron chi connectivity index (χ0n) is 17.3. The van der Waals surface area contributed by atoms with Gasteiger partial charge in [0, 0.05) is 35.6 Å². The summed E-state index contributed by atoms with van der Waals surface area (Å²) in [7, 11) is 3.99. The SMILES string of the molecule is CCN1C(=O)C(=C2Sc3ccccc3N2C)SC1=Nc1cc[n+](C)c2cc(Cl)ccc12. The van der Waals surface area contributed by atoms with Gasteiger partial charge in [-0.05, 0) is 43.0 Å². The number of carbonyl (C=O) groups is 1. The summed E-state index contributed by atoms with van der Waals surface area (Å²) >= 11 is 9.28. The van der Waals surface area contributed by atoms with E-state index in [0.717, 1.165) is 37.1 Å². The molecule has 0 atom stereocenters. The molecule has 1 fully saturated rings. The van der Waals surface area contributed by atoms with Gasteiger partial charge in [-0.3, -0.25) is 9.69 Å². The normalized spacial score (nSPS) is 19.7. The zero-order valence-corrected chi connectivity index (χ0v) is 19.7. The summed E-state index contributed by atoms with van der Waals surface area (Å²) in [5.41, 5.74) is 2.93. The van der Waals surface area contributed by atoms with Gasteiger partial charge in [0.05, 0.1) is 21.8 Å². The van der Waals surface area contributed by atoms with E-state index in [1.165, 1.54) is 11.8 Å². The van der Waals surface area contributed by atoms with Crippen molar-refractivity contribution < 1.29 is 9.36 Å². The number of hydrogen-bond acceptors (Lipinski definition) is 5. The quantitative estimate of drug-likeness (QED) is 0.378. The number of likely N-dealkylation sites (N-methyl/N-ethyl adjacent to an activating group) is 1. The minimum absolute atomic E-state index is 0.00208. The first-order chi connectivity index (χ1) is 15.0. The highest BCUT2D eigenvalue weighted by Gasteiger charge is 2.38. The number of halogens is 1. The van der Waals surface area contributed by atoms with Gasteiger partial charge in [-0.2, -0.15) is 0 Å². The molecule has 156 valence electrons. The molecular formula is C23H20ClN4OS2+. The topological polar surface area (TPSA) is 39.8 Å². The lowest BCUT2D eigenvalue weighted by molar-refractivity contribution is -0.644. The van der Waals surface area contributed by atoms with Gasteiger partial charge in [-0.25, -0.2) is 9.56 Å². The number of carbonyl (C=O) groups excluding carboxylic acids is 1. The number of para-hydroxylation sites is 1. The molecular weight excluding hydrogens is 448 g/mol. The van der Waals surface area contributed by atoms with Crippen molar-refractivity contribution in [1.29, 1.82) is 0 Å². The predicted molar refractivity (Wildman–Crippen MR) is 130 cm³/mol. The number of benzene rings is 2. The Balaban J connectivity index is 1.59. The van der Waals surface area contributed by atoms with Crippen molar-refractivity contribution in [2.45, 2.75) is 11.8 Å². The molecule has 0 unspecified atom stereocenters. The van der Waals surface area contributed by atoms with E-state index < -0.39 is 0 Å². The van der Waals surface area contributed by atoms with Gasteiger partial charge < -0.3 is 4.90 Å². The molecule has 1 amide bonds. The van der Waals surface area contributed by atoms with Crippen LogP contribution in [-0.2, 0) is 11.8 Å². The number of fused-ring (bicyclic) bond motifs is 2. The molecule has 8 heteroatoms. The Morgan fingerprint density at radius 3 is 2.71 bits per heavy atom. The first-order valence-corrected chi connectivity index (χ1v) is 11.9. The summed E-state index contributed by atoms with van der Waals surface area (Å²) in [5, 5.41) is 3.33. The molecule has 0 bridgehead atoms. The monoisotopic (exact) mass is 467 g/mol. The number of aliphatic imine (C=N–C) groups is 1. The van der Waals surface area contributed by atoms with Crippen molar-refractivity contribution in [3.63, 3.8) is 0 Å². The van der Waals surface area contributed by atoms with Gasteiger partial charge >= 0.3 is 0 Å². The van der Waals surface area contributed by atoms with E-state index in [-0.39, 0.29) is 5.91 Å². The Morgan fingerprint density at radius 1 is 1.13 bits per heavy atom. The third-order valence-corrected chi connectivity index (χ3v) is 8.07. The van der Waals surface area contributed by atoms with E-state index in [9.17, 15) is 4.79 Å². The lowest BCUT2D eigenvalue weighted by Crippen LogP contribution is -2.29. The standard InChI is InChI=1S/C23H20ClN4OS2/c1-4-28-21(29)20(22-27(3)17-7-5-6-8-19(17)30-22)31-23(28)25-16-11-12-26(2)18-13-14(24)9-10-15(16)18/h5-13H,4H2,1-3H3/q+1. The van der Waals surface area contributed by atoms with Crippen LogP contribution in [0.3, 0.4) is 0 Å². The fourth-order valence-corrected chi connectivity index (χ4v) is 6.33. The second-order valence-corrected chi connectivity index (χ2v) is 9.73.